The van der Waals surface area contributed by atoms with Gasteiger partial charge < -0.3 is 0 Å². The van der Waals surface area contributed by atoms with E-state index < -0.39 is 0 Å². The molecular weight excluding hydrogens is 240 g/mol. The van der Waals surface area contributed by atoms with Crippen molar-refractivity contribution >= 4 is 0 Å². The van der Waals surface area contributed by atoms with Gasteiger partial charge in [0, 0.05) is 6.42 Å². The minimum absolute atomic E-state index is 0.917. The van der Waals surface area contributed by atoms with Crippen LogP contribution >= 0.6 is 0 Å². The predicted molar refractivity (Wildman–Crippen MR) is 86.4 cm³/mol. The van der Waals surface area contributed by atoms with E-state index in [1.807, 2.05) is 12.1 Å². The van der Waals surface area contributed by atoms with Crippen molar-refractivity contribution in [3.63, 3.8) is 0 Å². The summed E-state index contributed by atoms with van der Waals surface area (Å²) in [6.45, 7) is 2.08. The Morgan fingerprint density at radius 2 is 1.50 bits per heavy atom. The van der Waals surface area contributed by atoms with E-state index in [9.17, 15) is 0 Å². The molecule has 0 radical (unpaired) electrons. The van der Waals surface area contributed by atoms with E-state index in [4.69, 9.17) is 0 Å². The van der Waals surface area contributed by atoms with Crippen LogP contribution < -0.4 is 0 Å². The van der Waals surface area contributed by atoms with Gasteiger partial charge in [-0.1, -0.05) is 78.6 Å². The van der Waals surface area contributed by atoms with Crippen molar-refractivity contribution in [1.29, 1.82) is 0 Å². The lowest BCUT2D eigenvalue weighted by Crippen LogP contribution is -1.83. The highest BCUT2D eigenvalue weighted by Gasteiger charge is 1.89. The Bertz CT molecular complexity index is 595. The van der Waals surface area contributed by atoms with Crippen LogP contribution in [-0.4, -0.2) is 0 Å². The van der Waals surface area contributed by atoms with E-state index in [1.165, 1.54) is 11.1 Å². The number of rotatable bonds is 4. The average Bonchev–Trinajstić information content (AvgIpc) is 2.52. The molecule has 0 amide bonds. The summed E-state index contributed by atoms with van der Waals surface area (Å²) in [5, 5.41) is 0. The molecular formula is C20H20. The van der Waals surface area contributed by atoms with E-state index in [-0.39, 0.29) is 0 Å². The highest BCUT2D eigenvalue weighted by Crippen LogP contribution is 2.04. The van der Waals surface area contributed by atoms with Gasteiger partial charge in [0.2, 0.25) is 0 Å². The SMILES string of the molecule is C/C(C#CCCc1ccccc1)=C\Cc1ccccc1. The molecule has 0 saturated carbocycles. The first-order chi connectivity index (χ1) is 9.84. The zero-order valence-corrected chi connectivity index (χ0v) is 12.0. The van der Waals surface area contributed by atoms with Crippen molar-refractivity contribution in [2.45, 2.75) is 26.2 Å². The Morgan fingerprint density at radius 1 is 0.900 bits per heavy atom. The van der Waals surface area contributed by atoms with Gasteiger partial charge in [-0.05, 0) is 36.5 Å². The summed E-state index contributed by atoms with van der Waals surface area (Å²) in [6, 6.07) is 21.0. The smallest absolute Gasteiger partial charge is 0.0133 e. The Hall–Kier alpha value is -2.26. The number of hydrogen-bond donors (Lipinski definition) is 0. The summed E-state index contributed by atoms with van der Waals surface area (Å²) in [4.78, 5) is 0. The fraction of sp³-hybridized carbons (Fsp3) is 0.200. The third-order valence-electron chi connectivity index (χ3n) is 3.15. The van der Waals surface area contributed by atoms with Crippen LogP contribution in [0.3, 0.4) is 0 Å². The minimum atomic E-state index is 0.917. The summed E-state index contributed by atoms with van der Waals surface area (Å²) < 4.78 is 0. The molecule has 0 fully saturated rings. The summed E-state index contributed by atoms with van der Waals surface area (Å²) in [7, 11) is 0. The van der Waals surface area contributed by atoms with E-state index >= 15 is 0 Å². The molecule has 0 aromatic heterocycles. The first kappa shape index (κ1) is 14.2. The number of aryl methyl sites for hydroxylation is 1. The molecule has 0 heteroatoms. The molecule has 0 bridgehead atoms. The van der Waals surface area contributed by atoms with Crippen molar-refractivity contribution in [2.24, 2.45) is 0 Å². The summed E-state index contributed by atoms with van der Waals surface area (Å²) >= 11 is 0. The van der Waals surface area contributed by atoms with E-state index in [0.29, 0.717) is 0 Å². The molecule has 0 aliphatic carbocycles. The van der Waals surface area contributed by atoms with Gasteiger partial charge in [-0.3, -0.25) is 0 Å². The van der Waals surface area contributed by atoms with E-state index in [2.05, 4.69) is 73.4 Å². The summed E-state index contributed by atoms with van der Waals surface area (Å²) in [5.41, 5.74) is 3.84. The second-order valence-corrected chi connectivity index (χ2v) is 4.86. The molecule has 0 unspecified atom stereocenters. The fourth-order valence-corrected chi connectivity index (χ4v) is 1.99. The zero-order chi connectivity index (χ0) is 14.0. The molecule has 100 valence electrons. The maximum absolute atomic E-state index is 3.25. The second kappa shape index (κ2) is 8.02. The van der Waals surface area contributed by atoms with Gasteiger partial charge in [-0.25, -0.2) is 0 Å². The normalized spacial score (nSPS) is 10.8. The standard InChI is InChI=1S/C20H20/c1-18(16-17-20-13-6-3-7-14-20)10-8-9-15-19-11-4-2-5-12-19/h2-7,11-14,16H,9,15,17H2,1H3/b18-16+. The van der Waals surface area contributed by atoms with Gasteiger partial charge in [0.15, 0.2) is 0 Å². The third kappa shape index (κ3) is 5.16. The lowest BCUT2D eigenvalue weighted by Gasteiger charge is -1.96. The molecule has 0 spiro atoms. The molecule has 0 aliphatic heterocycles. The Morgan fingerprint density at radius 3 is 2.15 bits per heavy atom. The van der Waals surface area contributed by atoms with Gasteiger partial charge in [0.1, 0.15) is 0 Å². The molecule has 0 atom stereocenters. The van der Waals surface area contributed by atoms with E-state index in [1.54, 1.807) is 0 Å². The first-order valence-corrected chi connectivity index (χ1v) is 7.08. The Kier molecular flexibility index (Phi) is 5.68. The quantitative estimate of drug-likeness (QED) is 0.692. The molecule has 0 nitrogen and oxygen atoms in total. The van der Waals surface area contributed by atoms with Crippen LogP contribution in [0.15, 0.2) is 72.3 Å². The monoisotopic (exact) mass is 260 g/mol. The van der Waals surface area contributed by atoms with Gasteiger partial charge in [0.05, 0.1) is 0 Å². The van der Waals surface area contributed by atoms with Crippen LogP contribution in [0.25, 0.3) is 0 Å². The van der Waals surface area contributed by atoms with Crippen molar-refractivity contribution in [3.05, 3.63) is 83.4 Å². The predicted octanol–water partition coefficient (Wildman–Crippen LogP) is 4.81. The lowest BCUT2D eigenvalue weighted by molar-refractivity contribution is 1.03. The summed E-state index contributed by atoms with van der Waals surface area (Å²) in [5.74, 6) is 6.49. The van der Waals surface area contributed by atoms with Crippen molar-refractivity contribution < 1.29 is 0 Å². The first-order valence-electron chi connectivity index (χ1n) is 7.08. The lowest BCUT2D eigenvalue weighted by atomic mass is 10.1. The largest absolute Gasteiger partial charge is 0.0979 e. The van der Waals surface area contributed by atoms with Gasteiger partial charge in [0.25, 0.3) is 0 Å². The van der Waals surface area contributed by atoms with Crippen LogP contribution in [0.2, 0.25) is 0 Å². The Labute approximate surface area is 122 Å². The molecule has 2 aromatic carbocycles. The maximum Gasteiger partial charge on any atom is 0.0133 e. The van der Waals surface area contributed by atoms with Gasteiger partial charge >= 0.3 is 0 Å². The number of hydrogen-bond acceptors (Lipinski definition) is 0. The van der Waals surface area contributed by atoms with Crippen molar-refractivity contribution in [3.8, 4) is 11.8 Å². The maximum atomic E-state index is 3.25. The van der Waals surface area contributed by atoms with Crippen molar-refractivity contribution in [2.75, 3.05) is 0 Å². The third-order valence-corrected chi connectivity index (χ3v) is 3.15. The van der Waals surface area contributed by atoms with Crippen molar-refractivity contribution in [1.82, 2.24) is 0 Å². The molecule has 0 N–H and O–H groups in total. The molecule has 0 heterocycles. The van der Waals surface area contributed by atoms with Gasteiger partial charge in [-0.2, -0.15) is 0 Å². The highest BCUT2D eigenvalue weighted by molar-refractivity contribution is 5.29. The zero-order valence-electron chi connectivity index (χ0n) is 12.0. The van der Waals surface area contributed by atoms with Crippen LogP contribution in [-0.2, 0) is 12.8 Å². The number of allylic oxidation sites excluding steroid dienone is 2. The van der Waals surface area contributed by atoms with E-state index in [0.717, 1.165) is 24.8 Å². The van der Waals surface area contributed by atoms with Crippen LogP contribution in [0.1, 0.15) is 24.5 Å². The minimum Gasteiger partial charge on any atom is -0.0979 e. The van der Waals surface area contributed by atoms with Crippen LogP contribution in [0.5, 0.6) is 0 Å². The van der Waals surface area contributed by atoms with Crippen LogP contribution in [0.4, 0.5) is 0 Å². The van der Waals surface area contributed by atoms with Crippen LogP contribution in [0, 0.1) is 11.8 Å². The fourth-order valence-electron chi connectivity index (χ4n) is 1.99. The average molecular weight is 260 g/mol. The second-order valence-electron chi connectivity index (χ2n) is 4.86. The highest BCUT2D eigenvalue weighted by atomic mass is 13.9. The molecule has 2 aromatic rings. The topological polar surface area (TPSA) is 0 Å². The number of benzene rings is 2. The molecule has 0 aliphatic rings. The Balaban J connectivity index is 1.80. The molecule has 20 heavy (non-hydrogen) atoms. The molecule has 2 rings (SSSR count). The summed E-state index contributed by atoms with van der Waals surface area (Å²) in [6.07, 6.45) is 5.10. The van der Waals surface area contributed by atoms with Gasteiger partial charge in [-0.15, -0.1) is 0 Å². The molecule has 0 saturated heterocycles.